The van der Waals surface area contributed by atoms with Crippen molar-refractivity contribution in [2.75, 3.05) is 11.4 Å². The van der Waals surface area contributed by atoms with Gasteiger partial charge in [-0.25, -0.2) is 0 Å². The molecule has 34 heavy (non-hydrogen) atoms. The van der Waals surface area contributed by atoms with Gasteiger partial charge in [0.25, 0.3) is 0 Å². The summed E-state index contributed by atoms with van der Waals surface area (Å²) in [6, 6.07) is 17.4. The molecule has 1 aliphatic heterocycles. The molecule has 0 saturated heterocycles. The first-order valence-electron chi connectivity index (χ1n) is 11.0. The fourth-order valence-electron chi connectivity index (χ4n) is 4.10. The molecular formula is C26H22F2N3O2Rb. The van der Waals surface area contributed by atoms with Gasteiger partial charge in [0.2, 0.25) is 0 Å². The Hall–Kier alpha value is -2.06. The summed E-state index contributed by atoms with van der Waals surface area (Å²) < 4.78 is 31.6. The van der Waals surface area contributed by atoms with Crippen molar-refractivity contribution in [3.63, 3.8) is 0 Å². The Morgan fingerprint density at radius 2 is 1.91 bits per heavy atom. The van der Waals surface area contributed by atoms with Crippen LogP contribution in [0, 0.1) is 6.92 Å². The number of hydrogen-bond acceptors (Lipinski definition) is 3. The van der Waals surface area contributed by atoms with E-state index < -0.39 is 23.8 Å². The Morgan fingerprint density at radius 3 is 2.65 bits per heavy atom. The molecule has 4 rings (SSSR count). The Morgan fingerprint density at radius 1 is 1.15 bits per heavy atom. The number of pyridine rings is 1. The monoisotopic (exact) mass is 531 g/mol. The van der Waals surface area contributed by atoms with Gasteiger partial charge in [-0.05, 0) is 12.1 Å². The molecule has 3 aromatic rings. The van der Waals surface area contributed by atoms with Gasteiger partial charge >= 0.3 is 209 Å². The van der Waals surface area contributed by atoms with E-state index in [2.05, 4.69) is 10.3 Å². The van der Waals surface area contributed by atoms with Gasteiger partial charge in [-0.15, -0.1) is 0 Å². The number of fused-ring (bicyclic) bond motifs is 1. The first kappa shape index (κ1) is 25.0. The molecule has 0 spiro atoms. The van der Waals surface area contributed by atoms with Crippen LogP contribution >= 0.6 is 0 Å². The van der Waals surface area contributed by atoms with Crippen LogP contribution < -0.4 is 8.85 Å². The summed E-state index contributed by atoms with van der Waals surface area (Å²) in [4.78, 5) is 31.6. The third-order valence-electron chi connectivity index (χ3n) is 5.83. The van der Waals surface area contributed by atoms with E-state index in [9.17, 15) is 9.59 Å². The number of aryl methyl sites for hydroxylation is 1. The zero-order chi connectivity index (χ0) is 24.3. The summed E-state index contributed by atoms with van der Waals surface area (Å²) in [5, 5.41) is 2.62. The summed E-state index contributed by atoms with van der Waals surface area (Å²) in [7, 11) is 0. The van der Waals surface area contributed by atoms with E-state index in [1.54, 1.807) is 48.7 Å². The van der Waals surface area contributed by atoms with Gasteiger partial charge < -0.3 is 0 Å². The van der Waals surface area contributed by atoms with Crippen molar-refractivity contribution in [1.82, 2.24) is 10.3 Å². The molecule has 0 radical (unpaired) electrons. The zero-order valence-corrected chi connectivity index (χ0v) is 23.9. The third kappa shape index (κ3) is 5.59. The van der Waals surface area contributed by atoms with E-state index in [-0.39, 0.29) is 80.1 Å². The molecule has 168 valence electrons. The number of alkyl halides is 2. The van der Waals surface area contributed by atoms with E-state index in [1.807, 2.05) is 19.1 Å². The van der Waals surface area contributed by atoms with Crippen LogP contribution in [0.2, 0.25) is 0 Å². The maximum atomic E-state index is 15.3. The van der Waals surface area contributed by atoms with Crippen LogP contribution in [0.1, 0.15) is 33.6 Å². The Bertz CT molecular complexity index is 1260. The molecular weight excluding hydrogens is 510 g/mol. The van der Waals surface area contributed by atoms with Crippen molar-refractivity contribution in [3.8, 4) is 0 Å². The number of para-hydroxylation sites is 1. The first-order valence-corrected chi connectivity index (χ1v) is 13.5. The number of allylic oxidation sites excluding steroid dienone is 1. The van der Waals surface area contributed by atoms with Gasteiger partial charge in [0, 0.05) is 6.20 Å². The van der Waals surface area contributed by atoms with Crippen LogP contribution in [0.15, 0.2) is 72.9 Å². The molecule has 2 heterocycles. The predicted octanol–water partition coefficient (Wildman–Crippen LogP) is 3.57. The van der Waals surface area contributed by atoms with Gasteiger partial charge in [-0.1, -0.05) is 6.07 Å². The molecule has 0 unspecified atom stereocenters. The third-order valence-corrected chi connectivity index (χ3v) is 7.86. The quantitative estimate of drug-likeness (QED) is 0.524. The molecule has 0 aliphatic carbocycles. The Labute approximate surface area is 236 Å². The zero-order valence-electron chi connectivity index (χ0n) is 19.0. The second-order valence-corrected chi connectivity index (χ2v) is 11.0. The number of hydrogen-bond donors (Lipinski definition) is 1. The number of nitrogens with one attached hydrogen (secondary N) is 1. The summed E-state index contributed by atoms with van der Waals surface area (Å²) >= 11 is 0.0561. The maximum absolute atomic E-state index is 15.3. The van der Waals surface area contributed by atoms with Crippen molar-refractivity contribution < 1.29 is 18.4 Å². The number of carbonyl (C=O) groups is 2. The number of rotatable bonds is 4. The Kier molecular flexibility index (Phi) is 7.87. The molecule has 0 fully saturated rings. The SMILES string of the molecule is Cc1ccc(C(=O)N2CCC(F)(F)/C(=C\C(=O)NCc3ccccn3)c3ccccc32)[c]([Rb])c1. The number of benzene rings is 2. The van der Waals surface area contributed by atoms with Crippen molar-refractivity contribution >= 4 is 77.2 Å². The summed E-state index contributed by atoms with van der Waals surface area (Å²) in [5.74, 6) is -4.22. The van der Waals surface area contributed by atoms with Gasteiger partial charge in [-0.3, -0.25) is 4.98 Å². The topological polar surface area (TPSA) is 62.3 Å². The van der Waals surface area contributed by atoms with E-state index in [0.717, 1.165) is 10.3 Å². The van der Waals surface area contributed by atoms with Crippen LogP contribution in [0.3, 0.4) is 0 Å². The van der Waals surface area contributed by atoms with E-state index in [1.165, 1.54) is 11.0 Å². The number of anilines is 1. The van der Waals surface area contributed by atoms with Crippen LogP contribution in [-0.2, 0) is 11.3 Å². The molecule has 8 heteroatoms. The Balaban J connectivity index is 1.69. The van der Waals surface area contributed by atoms with Crippen LogP contribution in [0.4, 0.5) is 14.5 Å². The van der Waals surface area contributed by atoms with Crippen molar-refractivity contribution in [2.45, 2.75) is 25.8 Å². The normalized spacial score (nSPS) is 16.0. The summed E-state index contributed by atoms with van der Waals surface area (Å²) in [6.45, 7) is 1.93. The molecule has 0 bridgehead atoms. The summed E-state index contributed by atoms with van der Waals surface area (Å²) in [5.41, 5.74) is 2.41. The average molecular weight is 532 g/mol. The standard InChI is InChI=1S/C26H22F2N3O2.Rb/c1-18-9-11-19(12-10-18)25(33)31-15-13-26(27,28)22(21-7-2-3-8-23(21)31)16-24(32)30-17-20-6-4-5-14-29-20;/h2-11,14,16H,13,15,17H2,1H3,(H,30,32);/b22-16-;. The van der Waals surface area contributed by atoms with Gasteiger partial charge in [0.1, 0.15) is 0 Å². The molecule has 1 N–H and O–H groups in total. The van der Waals surface area contributed by atoms with Gasteiger partial charge in [0.05, 0.1) is 0 Å². The van der Waals surface area contributed by atoms with E-state index in [0.29, 0.717) is 16.9 Å². The van der Waals surface area contributed by atoms with E-state index in [4.69, 9.17) is 0 Å². The number of halogens is 2. The number of nitrogens with zero attached hydrogens (tertiary/aromatic N) is 2. The number of aromatic nitrogens is 1. The fraction of sp³-hybridized carbons (Fsp3) is 0.192. The molecule has 1 aliphatic rings. The van der Waals surface area contributed by atoms with Crippen molar-refractivity contribution in [2.24, 2.45) is 0 Å². The molecule has 5 nitrogen and oxygen atoms in total. The van der Waals surface area contributed by atoms with Crippen molar-refractivity contribution in [3.05, 3.63) is 95.3 Å². The number of amides is 2. The second kappa shape index (κ2) is 10.7. The van der Waals surface area contributed by atoms with Crippen molar-refractivity contribution in [1.29, 1.82) is 0 Å². The van der Waals surface area contributed by atoms with E-state index >= 15 is 8.78 Å². The molecule has 2 amide bonds. The van der Waals surface area contributed by atoms with Crippen LogP contribution in [-0.4, -0.2) is 84.8 Å². The molecule has 2 aromatic carbocycles. The first-order chi connectivity index (χ1) is 16.3. The molecule has 1 aromatic heterocycles. The van der Waals surface area contributed by atoms with Gasteiger partial charge in [-0.2, -0.15) is 0 Å². The predicted molar refractivity (Wildman–Crippen MR) is 128 cm³/mol. The summed E-state index contributed by atoms with van der Waals surface area (Å²) in [6.07, 6.45) is 1.96. The van der Waals surface area contributed by atoms with Gasteiger partial charge in [0.15, 0.2) is 0 Å². The minimum absolute atomic E-state index is 0.0561. The van der Waals surface area contributed by atoms with Crippen LogP contribution in [0.5, 0.6) is 0 Å². The second-order valence-electron chi connectivity index (χ2n) is 8.34. The minimum atomic E-state index is -3.28. The van der Waals surface area contributed by atoms with Crippen LogP contribution in [0.25, 0.3) is 5.57 Å². The fourth-order valence-corrected chi connectivity index (χ4v) is 6.15. The average Bonchev–Trinajstić information content (AvgIpc) is 2.92. The number of carbonyl (C=O) groups excluding carboxylic acids is 2. The molecule has 0 saturated carbocycles. The molecule has 0 atom stereocenters.